The lowest BCUT2D eigenvalue weighted by atomic mass is 10.3. The van der Waals surface area contributed by atoms with Crippen LogP contribution in [0.15, 0.2) is 11.8 Å². The van der Waals surface area contributed by atoms with Crippen molar-refractivity contribution < 1.29 is 14.7 Å². The lowest BCUT2D eigenvalue weighted by molar-refractivity contribution is -0.132. The van der Waals surface area contributed by atoms with Crippen molar-refractivity contribution in [3.8, 4) is 0 Å². The number of carbonyl (C=O) groups is 2. The van der Waals surface area contributed by atoms with Crippen LogP contribution in [0.1, 0.15) is 6.92 Å². The molecular weight excluding hydrogens is 122 g/mol. The van der Waals surface area contributed by atoms with Gasteiger partial charge >= 0.3 is 5.97 Å². The molecule has 4 heteroatoms. The van der Waals surface area contributed by atoms with Gasteiger partial charge in [-0.3, -0.25) is 4.79 Å². The maximum absolute atomic E-state index is 9.98. The highest BCUT2D eigenvalue weighted by atomic mass is 16.4. The highest BCUT2D eigenvalue weighted by Gasteiger charge is 1.96. The molecule has 0 aromatic rings. The summed E-state index contributed by atoms with van der Waals surface area (Å²) in [6, 6.07) is 0. The van der Waals surface area contributed by atoms with E-state index in [1.165, 1.54) is 6.92 Å². The van der Waals surface area contributed by atoms with Crippen molar-refractivity contribution in [1.29, 1.82) is 0 Å². The van der Waals surface area contributed by atoms with E-state index in [2.05, 4.69) is 5.32 Å². The maximum Gasteiger partial charge on any atom is 0.332 e. The molecule has 0 spiro atoms. The lowest BCUT2D eigenvalue weighted by Crippen LogP contribution is -2.05. The monoisotopic (exact) mass is 129 g/mol. The average molecular weight is 129 g/mol. The summed E-state index contributed by atoms with van der Waals surface area (Å²) in [5, 5.41) is 10.3. The largest absolute Gasteiger partial charge is 0.478 e. The summed E-state index contributed by atoms with van der Waals surface area (Å²) in [6.45, 7) is 1.39. The normalized spacial score (nSPS) is 10.6. The third kappa shape index (κ3) is 3.28. The molecule has 1 amide bonds. The van der Waals surface area contributed by atoms with Crippen LogP contribution >= 0.6 is 0 Å². The van der Waals surface area contributed by atoms with Gasteiger partial charge in [-0.1, -0.05) is 0 Å². The minimum atomic E-state index is -1.04. The van der Waals surface area contributed by atoms with Crippen molar-refractivity contribution in [2.24, 2.45) is 0 Å². The molecule has 0 heterocycles. The Hall–Kier alpha value is -1.32. The van der Waals surface area contributed by atoms with Gasteiger partial charge in [0.1, 0.15) is 0 Å². The summed E-state index contributed by atoms with van der Waals surface area (Å²) in [4.78, 5) is 19.6. The second kappa shape index (κ2) is 3.65. The van der Waals surface area contributed by atoms with Gasteiger partial charge in [-0.2, -0.15) is 0 Å². The van der Waals surface area contributed by atoms with Crippen molar-refractivity contribution in [2.45, 2.75) is 6.92 Å². The lowest BCUT2D eigenvalue weighted by Gasteiger charge is -1.88. The zero-order valence-electron chi connectivity index (χ0n) is 4.92. The van der Waals surface area contributed by atoms with Gasteiger partial charge in [0.2, 0.25) is 6.41 Å². The predicted molar refractivity (Wildman–Crippen MR) is 30.6 cm³/mol. The number of hydrogen-bond donors (Lipinski definition) is 2. The Kier molecular flexibility index (Phi) is 3.12. The van der Waals surface area contributed by atoms with E-state index >= 15 is 0 Å². The van der Waals surface area contributed by atoms with Gasteiger partial charge in [0.05, 0.1) is 0 Å². The van der Waals surface area contributed by atoms with Crippen LogP contribution in [-0.4, -0.2) is 17.5 Å². The SMILES string of the molecule is CC(=CNC=O)C(=O)O. The third-order valence-corrected chi connectivity index (χ3v) is 0.705. The molecule has 0 aliphatic carbocycles. The Labute approximate surface area is 52.2 Å². The van der Waals surface area contributed by atoms with Crippen molar-refractivity contribution >= 4 is 12.4 Å². The van der Waals surface area contributed by atoms with Gasteiger partial charge in [0.25, 0.3) is 0 Å². The fourth-order valence-corrected chi connectivity index (χ4v) is 0.221. The quantitative estimate of drug-likeness (QED) is 0.407. The standard InChI is InChI=1S/C5H7NO3/c1-4(5(8)9)2-6-3-7/h2-3H,1H3,(H,6,7)(H,8,9). The van der Waals surface area contributed by atoms with Gasteiger partial charge < -0.3 is 10.4 Å². The number of aliphatic carboxylic acids is 1. The molecule has 0 radical (unpaired) electrons. The summed E-state index contributed by atoms with van der Waals surface area (Å²) < 4.78 is 0. The van der Waals surface area contributed by atoms with Crippen molar-refractivity contribution in [2.75, 3.05) is 0 Å². The minimum absolute atomic E-state index is 0.0992. The topological polar surface area (TPSA) is 66.4 Å². The fourth-order valence-electron chi connectivity index (χ4n) is 0.221. The summed E-state index contributed by atoms with van der Waals surface area (Å²) in [7, 11) is 0. The molecule has 0 rings (SSSR count). The molecule has 0 unspecified atom stereocenters. The zero-order chi connectivity index (χ0) is 7.28. The Morgan fingerprint density at radius 3 is 2.56 bits per heavy atom. The summed E-state index contributed by atoms with van der Waals surface area (Å²) in [5.41, 5.74) is 0.0992. The van der Waals surface area contributed by atoms with Gasteiger partial charge in [-0.15, -0.1) is 0 Å². The van der Waals surface area contributed by atoms with Crippen molar-refractivity contribution in [3.05, 3.63) is 11.8 Å². The number of hydrogen-bond acceptors (Lipinski definition) is 2. The number of carboxylic acids is 1. The molecule has 0 saturated heterocycles. The van der Waals surface area contributed by atoms with Crippen LogP contribution in [-0.2, 0) is 9.59 Å². The first-order valence-corrected chi connectivity index (χ1v) is 2.28. The van der Waals surface area contributed by atoms with Crippen LogP contribution in [0.4, 0.5) is 0 Å². The Bertz CT molecular complexity index is 150. The number of carboxylic acid groups (broad SMARTS) is 1. The van der Waals surface area contributed by atoms with Gasteiger partial charge in [-0.05, 0) is 6.92 Å². The van der Waals surface area contributed by atoms with Crippen LogP contribution in [0.2, 0.25) is 0 Å². The molecular formula is C5H7NO3. The zero-order valence-corrected chi connectivity index (χ0v) is 4.92. The Balaban J connectivity index is 3.83. The number of rotatable bonds is 3. The first-order chi connectivity index (χ1) is 4.18. The molecule has 0 fully saturated rings. The van der Waals surface area contributed by atoms with E-state index in [-0.39, 0.29) is 5.57 Å². The average Bonchev–Trinajstić information content (AvgIpc) is 1.82. The molecule has 0 aliphatic rings. The number of carbonyl (C=O) groups excluding carboxylic acids is 1. The molecule has 0 aromatic heterocycles. The molecule has 2 N–H and O–H groups in total. The van der Waals surface area contributed by atoms with E-state index < -0.39 is 5.97 Å². The summed E-state index contributed by atoms with van der Waals surface area (Å²) in [5.74, 6) is -1.04. The molecule has 9 heavy (non-hydrogen) atoms. The van der Waals surface area contributed by atoms with Crippen LogP contribution < -0.4 is 5.32 Å². The summed E-state index contributed by atoms with van der Waals surface area (Å²) >= 11 is 0. The molecule has 0 saturated carbocycles. The molecule has 0 bridgehead atoms. The predicted octanol–water partition coefficient (Wildman–Crippen LogP) is -0.279. The van der Waals surface area contributed by atoms with E-state index in [0.29, 0.717) is 6.41 Å². The molecule has 0 aliphatic heterocycles. The molecule has 0 atom stereocenters. The second-order valence-electron chi connectivity index (χ2n) is 1.42. The number of amides is 1. The van der Waals surface area contributed by atoms with E-state index in [0.717, 1.165) is 6.20 Å². The van der Waals surface area contributed by atoms with E-state index in [9.17, 15) is 9.59 Å². The Morgan fingerprint density at radius 2 is 2.22 bits per heavy atom. The van der Waals surface area contributed by atoms with E-state index in [1.807, 2.05) is 0 Å². The van der Waals surface area contributed by atoms with E-state index in [4.69, 9.17) is 5.11 Å². The third-order valence-electron chi connectivity index (χ3n) is 0.705. The van der Waals surface area contributed by atoms with Gasteiger partial charge in [0, 0.05) is 11.8 Å². The van der Waals surface area contributed by atoms with Crippen molar-refractivity contribution in [1.82, 2.24) is 5.32 Å². The maximum atomic E-state index is 9.98. The Morgan fingerprint density at radius 1 is 1.67 bits per heavy atom. The first kappa shape index (κ1) is 7.68. The number of nitrogens with one attached hydrogen (secondary N) is 1. The van der Waals surface area contributed by atoms with Gasteiger partial charge in [0.15, 0.2) is 0 Å². The van der Waals surface area contributed by atoms with E-state index in [1.54, 1.807) is 0 Å². The molecule has 0 aromatic carbocycles. The first-order valence-electron chi connectivity index (χ1n) is 2.28. The smallest absolute Gasteiger partial charge is 0.332 e. The minimum Gasteiger partial charge on any atom is -0.478 e. The van der Waals surface area contributed by atoms with Crippen molar-refractivity contribution in [3.63, 3.8) is 0 Å². The molecule has 50 valence electrons. The van der Waals surface area contributed by atoms with Crippen LogP contribution in [0.3, 0.4) is 0 Å². The molecule has 4 nitrogen and oxygen atoms in total. The fraction of sp³-hybridized carbons (Fsp3) is 0.200. The van der Waals surface area contributed by atoms with Gasteiger partial charge in [-0.25, -0.2) is 4.79 Å². The summed E-state index contributed by atoms with van der Waals surface area (Å²) in [6.07, 6.45) is 1.53. The van der Waals surface area contributed by atoms with Crippen LogP contribution in [0, 0.1) is 0 Å². The van der Waals surface area contributed by atoms with Crippen LogP contribution in [0.5, 0.6) is 0 Å². The van der Waals surface area contributed by atoms with Crippen LogP contribution in [0.25, 0.3) is 0 Å². The second-order valence-corrected chi connectivity index (χ2v) is 1.42. The highest BCUT2D eigenvalue weighted by molar-refractivity contribution is 5.85. The highest BCUT2D eigenvalue weighted by Crippen LogP contribution is 1.86.